The first-order valence-corrected chi connectivity index (χ1v) is 16.4. The number of carbonyl (C=O) groups is 3. The average Bonchev–Trinajstić information content (AvgIpc) is 3.74. The molecule has 2 aromatic heterocycles. The Bertz CT molecular complexity index is 1290. The van der Waals surface area contributed by atoms with E-state index in [2.05, 4.69) is 27.7 Å². The molecule has 2 aliphatic rings. The number of hydrogen-bond donors (Lipinski definition) is 0. The molecule has 0 aliphatic carbocycles. The number of hydrogen-bond acceptors (Lipinski definition) is 6. The number of carbonyl (C=O) groups excluding carboxylic acids is 3. The number of unbranched alkanes of at least 4 members (excludes halogenated alkanes) is 2. The fraction of sp³-hybridized carbons (Fsp3) is 0.531. The number of aldehydes is 1. The van der Waals surface area contributed by atoms with Crippen LogP contribution in [0.4, 0.5) is 0 Å². The lowest BCUT2D eigenvalue weighted by molar-refractivity contribution is -0.124. The Hall–Kier alpha value is -2.71. The Morgan fingerprint density at radius 2 is 1.27 bits per heavy atom. The van der Waals surface area contributed by atoms with E-state index in [1.807, 2.05) is 28.0 Å². The number of methoxy groups -OCH3 is 1. The van der Waals surface area contributed by atoms with Crippen LogP contribution in [0.15, 0.2) is 35.4 Å². The molecule has 0 aromatic carbocycles. The highest BCUT2D eigenvalue weighted by atomic mass is 32.1. The van der Waals surface area contributed by atoms with Gasteiger partial charge in [0.15, 0.2) is 11.3 Å². The summed E-state index contributed by atoms with van der Waals surface area (Å²) in [5.74, 6) is 0.457. The molecule has 2 amide bonds. The van der Waals surface area contributed by atoms with Crippen molar-refractivity contribution in [2.75, 3.05) is 20.2 Å². The SMILES string of the molecule is CCCCC(CC)CN1C(=O)C2=C(c3ccc(OC)s3)N(CC(CC)CCCC)C(=O)C2=C1c1ccc(C=O)s1. The van der Waals surface area contributed by atoms with Crippen molar-refractivity contribution in [2.24, 2.45) is 11.8 Å². The Balaban J connectivity index is 1.88. The van der Waals surface area contributed by atoms with Gasteiger partial charge in [0.2, 0.25) is 0 Å². The minimum Gasteiger partial charge on any atom is -0.487 e. The van der Waals surface area contributed by atoms with Crippen LogP contribution in [-0.2, 0) is 9.59 Å². The highest BCUT2D eigenvalue weighted by Crippen LogP contribution is 2.49. The van der Waals surface area contributed by atoms with Crippen molar-refractivity contribution >= 4 is 52.2 Å². The Morgan fingerprint density at radius 1 is 0.775 bits per heavy atom. The summed E-state index contributed by atoms with van der Waals surface area (Å²) in [6, 6.07) is 7.52. The number of nitrogens with zero attached hydrogens (tertiary/aromatic N) is 2. The standard InChI is InChI=1S/C32H42N2O4S2/c1-6-10-12-21(8-3)18-33-29(24-15-14-23(20-35)39-24)27-28(32(33)37)30(25-16-17-26(38-5)40-25)34(31(27)36)19-22(9-4)13-11-7-2/h14-17,20-22H,6-13,18-19H2,1-5H3. The number of ether oxygens (including phenoxy) is 1. The third-order valence-corrected chi connectivity index (χ3v) is 10.2. The second-order valence-electron chi connectivity index (χ2n) is 10.8. The second-order valence-corrected chi connectivity index (χ2v) is 12.9. The summed E-state index contributed by atoms with van der Waals surface area (Å²) in [6.07, 6.45) is 9.26. The average molecular weight is 583 g/mol. The van der Waals surface area contributed by atoms with Crippen LogP contribution >= 0.6 is 22.7 Å². The smallest absolute Gasteiger partial charge is 0.261 e. The first-order valence-electron chi connectivity index (χ1n) is 14.7. The molecule has 0 saturated heterocycles. The van der Waals surface area contributed by atoms with Crippen molar-refractivity contribution in [3.63, 3.8) is 0 Å². The molecule has 216 valence electrons. The van der Waals surface area contributed by atoms with Crippen molar-refractivity contribution in [2.45, 2.75) is 79.1 Å². The van der Waals surface area contributed by atoms with Gasteiger partial charge in [-0.15, -0.1) is 11.3 Å². The van der Waals surface area contributed by atoms with Crippen LogP contribution in [0.3, 0.4) is 0 Å². The van der Waals surface area contributed by atoms with Crippen LogP contribution in [0.25, 0.3) is 11.4 Å². The van der Waals surface area contributed by atoms with Crippen molar-refractivity contribution in [1.82, 2.24) is 9.80 Å². The molecule has 2 atom stereocenters. The van der Waals surface area contributed by atoms with Gasteiger partial charge in [-0.3, -0.25) is 14.4 Å². The summed E-state index contributed by atoms with van der Waals surface area (Å²) in [7, 11) is 1.64. The third-order valence-electron chi connectivity index (χ3n) is 8.14. The maximum atomic E-state index is 14.4. The van der Waals surface area contributed by atoms with E-state index < -0.39 is 0 Å². The van der Waals surface area contributed by atoms with Gasteiger partial charge < -0.3 is 14.5 Å². The lowest BCUT2D eigenvalue weighted by Crippen LogP contribution is -2.34. The molecule has 0 N–H and O–H groups in total. The summed E-state index contributed by atoms with van der Waals surface area (Å²) in [6.45, 7) is 9.86. The predicted molar refractivity (Wildman–Crippen MR) is 164 cm³/mol. The monoisotopic (exact) mass is 582 g/mol. The van der Waals surface area contributed by atoms with Gasteiger partial charge >= 0.3 is 0 Å². The first kappa shape index (κ1) is 30.3. The van der Waals surface area contributed by atoms with E-state index in [1.165, 1.54) is 22.7 Å². The lowest BCUT2D eigenvalue weighted by Gasteiger charge is -2.29. The molecule has 0 bridgehead atoms. The third kappa shape index (κ3) is 5.98. The summed E-state index contributed by atoms with van der Waals surface area (Å²) < 4.78 is 5.50. The van der Waals surface area contributed by atoms with E-state index in [4.69, 9.17) is 4.74 Å². The summed E-state index contributed by atoms with van der Waals surface area (Å²) in [5.41, 5.74) is 2.37. The maximum Gasteiger partial charge on any atom is 0.261 e. The molecule has 0 spiro atoms. The van der Waals surface area contributed by atoms with Crippen molar-refractivity contribution in [3.05, 3.63) is 50.0 Å². The predicted octanol–water partition coefficient (Wildman–Crippen LogP) is 7.87. The van der Waals surface area contributed by atoms with Crippen molar-refractivity contribution in [1.29, 1.82) is 0 Å². The first-order chi connectivity index (χ1) is 19.4. The van der Waals surface area contributed by atoms with Gasteiger partial charge in [-0.2, -0.15) is 0 Å². The van der Waals surface area contributed by atoms with Gasteiger partial charge in [-0.1, -0.05) is 77.6 Å². The van der Waals surface area contributed by atoms with Crippen LogP contribution in [0.5, 0.6) is 5.06 Å². The highest BCUT2D eigenvalue weighted by molar-refractivity contribution is 7.15. The van der Waals surface area contributed by atoms with Crippen LogP contribution in [-0.4, -0.2) is 48.1 Å². The van der Waals surface area contributed by atoms with E-state index >= 15 is 0 Å². The molecule has 6 nitrogen and oxygen atoms in total. The Morgan fingerprint density at radius 3 is 1.68 bits per heavy atom. The molecular formula is C32H42N2O4S2. The van der Waals surface area contributed by atoms with Gasteiger partial charge in [-0.05, 0) is 48.9 Å². The molecule has 2 aromatic rings. The molecule has 2 unspecified atom stereocenters. The molecular weight excluding hydrogens is 540 g/mol. The van der Waals surface area contributed by atoms with Gasteiger partial charge in [0, 0.05) is 13.1 Å². The van der Waals surface area contributed by atoms with Crippen molar-refractivity contribution < 1.29 is 19.1 Å². The van der Waals surface area contributed by atoms with Crippen molar-refractivity contribution in [3.8, 4) is 5.06 Å². The molecule has 0 fully saturated rings. The maximum absolute atomic E-state index is 14.4. The van der Waals surface area contributed by atoms with E-state index in [-0.39, 0.29) is 11.8 Å². The number of rotatable bonds is 16. The van der Waals surface area contributed by atoms with Crippen LogP contribution < -0.4 is 4.74 Å². The van der Waals surface area contributed by atoms with Gasteiger partial charge in [0.1, 0.15) is 0 Å². The second kappa shape index (κ2) is 13.8. The molecule has 40 heavy (non-hydrogen) atoms. The summed E-state index contributed by atoms with van der Waals surface area (Å²) in [4.78, 5) is 46.4. The van der Waals surface area contributed by atoms with E-state index in [0.717, 1.165) is 72.5 Å². The quantitative estimate of drug-likeness (QED) is 0.189. The number of thiophene rings is 2. The molecule has 0 saturated carbocycles. The van der Waals surface area contributed by atoms with Crippen LogP contribution in [0, 0.1) is 11.8 Å². The van der Waals surface area contributed by atoms with Gasteiger partial charge in [0.25, 0.3) is 11.8 Å². The van der Waals surface area contributed by atoms with Crippen LogP contribution in [0.2, 0.25) is 0 Å². The number of fused-ring (bicyclic) bond motifs is 1. The molecule has 2 aliphatic heterocycles. The van der Waals surface area contributed by atoms with E-state index in [0.29, 0.717) is 52.3 Å². The van der Waals surface area contributed by atoms with E-state index in [9.17, 15) is 14.4 Å². The van der Waals surface area contributed by atoms with Crippen LogP contribution in [0.1, 0.15) is 98.5 Å². The Labute approximate surface area is 246 Å². The van der Waals surface area contributed by atoms with E-state index in [1.54, 1.807) is 13.2 Å². The number of amides is 2. The summed E-state index contributed by atoms with van der Waals surface area (Å²) in [5, 5.41) is 0.743. The lowest BCUT2D eigenvalue weighted by atomic mass is 9.98. The summed E-state index contributed by atoms with van der Waals surface area (Å²) >= 11 is 2.81. The molecule has 4 heterocycles. The normalized spacial score (nSPS) is 16.8. The molecule has 8 heteroatoms. The fourth-order valence-electron chi connectivity index (χ4n) is 5.71. The minimum absolute atomic E-state index is 0.110. The fourth-order valence-corrected chi connectivity index (χ4v) is 7.47. The zero-order chi connectivity index (χ0) is 28.8. The topological polar surface area (TPSA) is 66.9 Å². The zero-order valence-electron chi connectivity index (χ0n) is 24.5. The minimum atomic E-state index is -0.110. The molecule has 0 radical (unpaired) electrons. The van der Waals surface area contributed by atoms with Gasteiger partial charge in [-0.25, -0.2) is 0 Å². The highest BCUT2D eigenvalue weighted by Gasteiger charge is 2.50. The zero-order valence-corrected chi connectivity index (χ0v) is 26.1. The molecule has 4 rings (SSSR count). The Kier molecular flexibility index (Phi) is 10.4. The van der Waals surface area contributed by atoms with Gasteiger partial charge in [0.05, 0.1) is 44.3 Å². The largest absolute Gasteiger partial charge is 0.487 e.